The molecule has 0 aliphatic rings. The van der Waals surface area contributed by atoms with Crippen molar-refractivity contribution < 1.29 is 4.52 Å². The predicted octanol–water partition coefficient (Wildman–Crippen LogP) is 3.31. The Morgan fingerprint density at radius 3 is 2.58 bits per heavy atom. The highest BCUT2D eigenvalue weighted by atomic mass is 35.5. The minimum absolute atomic E-state index is 0.0542. The van der Waals surface area contributed by atoms with Gasteiger partial charge < -0.3 is 10.3 Å². The molecule has 2 N–H and O–H groups in total. The van der Waals surface area contributed by atoms with Crippen LogP contribution in [0.2, 0.25) is 5.02 Å². The number of hydrogen-bond acceptors (Lipinski definition) is 4. The lowest BCUT2D eigenvalue weighted by atomic mass is 10.0. The van der Waals surface area contributed by atoms with E-state index in [2.05, 4.69) is 24.0 Å². The number of nitrogens with two attached hydrogens (primary N) is 1. The maximum Gasteiger partial charge on any atom is 0.228 e. The average Bonchev–Trinajstić information content (AvgIpc) is 2.77. The Morgan fingerprint density at radius 1 is 1.26 bits per heavy atom. The van der Waals surface area contributed by atoms with Gasteiger partial charge in [0.15, 0.2) is 0 Å². The zero-order valence-corrected chi connectivity index (χ0v) is 11.9. The Bertz CT molecular complexity index is 522. The predicted molar refractivity (Wildman–Crippen MR) is 75.9 cm³/mol. The molecule has 2 aromatic rings. The maximum atomic E-state index is 6.03. The van der Waals surface area contributed by atoms with E-state index in [0.717, 1.165) is 12.0 Å². The average molecular weight is 280 g/mol. The van der Waals surface area contributed by atoms with E-state index in [4.69, 9.17) is 21.9 Å². The molecule has 1 aromatic heterocycles. The molecule has 0 spiro atoms. The van der Waals surface area contributed by atoms with Gasteiger partial charge in [-0.2, -0.15) is 4.98 Å². The van der Waals surface area contributed by atoms with Gasteiger partial charge in [0.05, 0.1) is 0 Å². The topological polar surface area (TPSA) is 64.9 Å². The first kappa shape index (κ1) is 14.0. The van der Waals surface area contributed by atoms with Gasteiger partial charge in [-0.1, -0.05) is 30.6 Å². The van der Waals surface area contributed by atoms with Crippen molar-refractivity contribution in [3.05, 3.63) is 35.2 Å². The van der Waals surface area contributed by atoms with Crippen molar-refractivity contribution in [3.63, 3.8) is 0 Å². The summed E-state index contributed by atoms with van der Waals surface area (Å²) in [6.07, 6.45) is 1.55. The SMILES string of the molecule is CC(C)C[C@@H](N)Cc1nc(-c2ccc(Cl)cc2)no1. The van der Waals surface area contributed by atoms with E-state index < -0.39 is 0 Å². The second kappa shape index (κ2) is 6.17. The Morgan fingerprint density at radius 2 is 1.95 bits per heavy atom. The van der Waals surface area contributed by atoms with Crippen LogP contribution >= 0.6 is 11.6 Å². The Kier molecular flexibility index (Phi) is 4.56. The van der Waals surface area contributed by atoms with E-state index in [9.17, 15) is 0 Å². The summed E-state index contributed by atoms with van der Waals surface area (Å²) in [6, 6.07) is 7.39. The van der Waals surface area contributed by atoms with Crippen LogP contribution in [-0.4, -0.2) is 16.2 Å². The summed E-state index contributed by atoms with van der Waals surface area (Å²) >= 11 is 5.84. The van der Waals surface area contributed by atoms with Gasteiger partial charge in [0, 0.05) is 23.0 Å². The fourth-order valence-electron chi connectivity index (χ4n) is 1.97. The molecule has 1 heterocycles. The fraction of sp³-hybridized carbons (Fsp3) is 0.429. The summed E-state index contributed by atoms with van der Waals surface area (Å²) in [5.41, 5.74) is 6.92. The van der Waals surface area contributed by atoms with Crippen LogP contribution in [0, 0.1) is 5.92 Å². The van der Waals surface area contributed by atoms with Crippen LogP contribution in [0.4, 0.5) is 0 Å². The maximum absolute atomic E-state index is 6.03. The van der Waals surface area contributed by atoms with E-state index in [1.165, 1.54) is 0 Å². The summed E-state index contributed by atoms with van der Waals surface area (Å²) in [6.45, 7) is 4.29. The highest BCUT2D eigenvalue weighted by Crippen LogP contribution is 2.19. The Labute approximate surface area is 118 Å². The van der Waals surface area contributed by atoms with Crippen LogP contribution in [0.15, 0.2) is 28.8 Å². The third-order valence-corrected chi connectivity index (χ3v) is 3.03. The quantitative estimate of drug-likeness (QED) is 0.912. The summed E-state index contributed by atoms with van der Waals surface area (Å²) in [7, 11) is 0. The monoisotopic (exact) mass is 279 g/mol. The molecule has 0 amide bonds. The lowest BCUT2D eigenvalue weighted by Gasteiger charge is -2.10. The fourth-order valence-corrected chi connectivity index (χ4v) is 2.09. The van der Waals surface area contributed by atoms with Crippen molar-refractivity contribution in [2.75, 3.05) is 0 Å². The van der Waals surface area contributed by atoms with E-state index in [0.29, 0.717) is 29.1 Å². The van der Waals surface area contributed by atoms with Crippen molar-refractivity contribution in [1.82, 2.24) is 10.1 Å². The number of rotatable bonds is 5. The molecule has 0 bridgehead atoms. The highest BCUT2D eigenvalue weighted by molar-refractivity contribution is 6.30. The normalized spacial score (nSPS) is 12.9. The minimum Gasteiger partial charge on any atom is -0.339 e. The molecular weight excluding hydrogens is 262 g/mol. The van der Waals surface area contributed by atoms with Crippen molar-refractivity contribution in [1.29, 1.82) is 0 Å². The second-order valence-electron chi connectivity index (χ2n) is 5.11. The second-order valence-corrected chi connectivity index (χ2v) is 5.55. The van der Waals surface area contributed by atoms with Gasteiger partial charge >= 0.3 is 0 Å². The lowest BCUT2D eigenvalue weighted by molar-refractivity contribution is 0.359. The van der Waals surface area contributed by atoms with Crippen LogP contribution in [-0.2, 0) is 6.42 Å². The van der Waals surface area contributed by atoms with Gasteiger partial charge in [-0.05, 0) is 36.6 Å². The molecule has 102 valence electrons. The first-order chi connectivity index (χ1) is 9.04. The van der Waals surface area contributed by atoms with E-state index >= 15 is 0 Å². The molecule has 4 nitrogen and oxygen atoms in total. The Balaban J connectivity index is 2.04. The van der Waals surface area contributed by atoms with Crippen LogP contribution in [0.1, 0.15) is 26.2 Å². The van der Waals surface area contributed by atoms with Gasteiger partial charge in [0.2, 0.25) is 11.7 Å². The number of nitrogens with zero attached hydrogens (tertiary/aromatic N) is 2. The molecule has 5 heteroatoms. The van der Waals surface area contributed by atoms with Crippen LogP contribution in [0.25, 0.3) is 11.4 Å². The third kappa shape index (κ3) is 4.04. The van der Waals surface area contributed by atoms with Gasteiger partial charge in [-0.25, -0.2) is 0 Å². The Hall–Kier alpha value is -1.39. The van der Waals surface area contributed by atoms with Crippen LogP contribution in [0.3, 0.4) is 0 Å². The summed E-state index contributed by atoms with van der Waals surface area (Å²) in [5.74, 6) is 1.72. The largest absolute Gasteiger partial charge is 0.339 e. The lowest BCUT2D eigenvalue weighted by Crippen LogP contribution is -2.24. The molecule has 0 saturated heterocycles. The molecule has 1 aromatic carbocycles. The van der Waals surface area contributed by atoms with Crippen LogP contribution in [0.5, 0.6) is 0 Å². The van der Waals surface area contributed by atoms with Gasteiger partial charge in [-0.3, -0.25) is 0 Å². The van der Waals surface area contributed by atoms with Crippen molar-refractivity contribution >= 4 is 11.6 Å². The highest BCUT2D eigenvalue weighted by Gasteiger charge is 2.13. The molecule has 0 fully saturated rings. The van der Waals surface area contributed by atoms with Crippen LogP contribution < -0.4 is 5.73 Å². The smallest absolute Gasteiger partial charge is 0.228 e. The van der Waals surface area contributed by atoms with E-state index in [1.54, 1.807) is 12.1 Å². The first-order valence-electron chi connectivity index (χ1n) is 6.38. The summed E-state index contributed by atoms with van der Waals surface area (Å²) in [4.78, 5) is 4.36. The molecular formula is C14H18ClN3O. The number of benzene rings is 1. The molecule has 2 rings (SSSR count). The van der Waals surface area contributed by atoms with E-state index in [-0.39, 0.29) is 6.04 Å². The molecule has 0 unspecified atom stereocenters. The first-order valence-corrected chi connectivity index (χ1v) is 6.76. The summed E-state index contributed by atoms with van der Waals surface area (Å²) < 4.78 is 5.23. The molecule has 1 atom stereocenters. The number of aromatic nitrogens is 2. The molecule has 0 saturated carbocycles. The molecule has 19 heavy (non-hydrogen) atoms. The van der Waals surface area contributed by atoms with Crippen molar-refractivity contribution in [2.45, 2.75) is 32.7 Å². The molecule has 0 aliphatic carbocycles. The zero-order valence-electron chi connectivity index (χ0n) is 11.1. The standard InChI is InChI=1S/C14H18ClN3O/c1-9(2)7-12(16)8-13-17-14(18-19-13)10-3-5-11(15)6-4-10/h3-6,9,12H,7-8,16H2,1-2H3/t12-/m1/s1. The molecule has 0 radical (unpaired) electrons. The minimum atomic E-state index is 0.0542. The van der Waals surface area contributed by atoms with Crippen molar-refractivity contribution in [3.8, 4) is 11.4 Å². The summed E-state index contributed by atoms with van der Waals surface area (Å²) in [5, 5.41) is 4.65. The van der Waals surface area contributed by atoms with Crippen molar-refractivity contribution in [2.24, 2.45) is 11.7 Å². The number of hydrogen-bond donors (Lipinski definition) is 1. The zero-order chi connectivity index (χ0) is 13.8. The number of halogens is 1. The van der Waals surface area contributed by atoms with Gasteiger partial charge in [0.1, 0.15) is 0 Å². The van der Waals surface area contributed by atoms with Gasteiger partial charge in [0.25, 0.3) is 0 Å². The van der Waals surface area contributed by atoms with E-state index in [1.807, 2.05) is 12.1 Å². The van der Waals surface area contributed by atoms with Gasteiger partial charge in [-0.15, -0.1) is 0 Å². The molecule has 0 aliphatic heterocycles. The third-order valence-electron chi connectivity index (χ3n) is 2.78.